The summed E-state index contributed by atoms with van der Waals surface area (Å²) in [6.07, 6.45) is 6.61. The molecule has 4 rings (SSSR count). The molecule has 1 aliphatic rings. The number of hydrogen-bond donors (Lipinski definition) is 4. The van der Waals surface area contributed by atoms with Crippen molar-refractivity contribution in [2.45, 2.75) is 12.6 Å². The van der Waals surface area contributed by atoms with Gasteiger partial charge in [0, 0.05) is 24.2 Å². The number of aryl methyl sites for hydroxylation is 1. The van der Waals surface area contributed by atoms with E-state index in [0.717, 1.165) is 10.9 Å². The Morgan fingerprint density at radius 1 is 1.23 bits per heavy atom. The summed E-state index contributed by atoms with van der Waals surface area (Å²) >= 11 is 0. The molecule has 0 saturated carbocycles. The van der Waals surface area contributed by atoms with E-state index in [-0.39, 0.29) is 11.7 Å². The summed E-state index contributed by atoms with van der Waals surface area (Å²) in [5, 5.41) is 3.54. The van der Waals surface area contributed by atoms with Gasteiger partial charge in [-0.3, -0.25) is 5.73 Å². The molecule has 1 aromatic carbocycles. The van der Waals surface area contributed by atoms with E-state index in [1.54, 1.807) is 30.6 Å². The number of aromatic amines is 1. The molecule has 2 aromatic heterocycles. The molecule has 7 nitrogen and oxygen atoms in total. The number of ether oxygens (including phenoxy) is 1. The predicted molar refractivity (Wildman–Crippen MR) is 97.1 cm³/mol. The zero-order valence-corrected chi connectivity index (χ0v) is 14.0. The summed E-state index contributed by atoms with van der Waals surface area (Å²) in [5.41, 5.74) is 12.7. The minimum atomic E-state index is -1.23. The number of nitrogens with one attached hydrogen (secondary N) is 2. The molecule has 3 aromatic rings. The molecule has 26 heavy (non-hydrogen) atoms. The van der Waals surface area contributed by atoms with Crippen LogP contribution in [0, 0.1) is 12.7 Å². The zero-order chi connectivity index (χ0) is 18.3. The highest BCUT2D eigenvalue weighted by atomic mass is 19.1. The highest BCUT2D eigenvalue weighted by molar-refractivity contribution is 5.86. The van der Waals surface area contributed by atoms with Crippen molar-refractivity contribution in [1.82, 2.24) is 15.3 Å². The molecule has 1 aliphatic heterocycles. The minimum absolute atomic E-state index is 0.0836. The van der Waals surface area contributed by atoms with Crippen molar-refractivity contribution in [3.8, 4) is 11.5 Å². The maximum atomic E-state index is 14.7. The van der Waals surface area contributed by atoms with Gasteiger partial charge in [0.25, 0.3) is 0 Å². The molecule has 8 heteroatoms. The van der Waals surface area contributed by atoms with Crippen molar-refractivity contribution in [3.05, 3.63) is 65.9 Å². The summed E-state index contributed by atoms with van der Waals surface area (Å²) in [5.74, 6) is 0.219. The Morgan fingerprint density at radius 3 is 2.85 bits per heavy atom. The van der Waals surface area contributed by atoms with Crippen LogP contribution in [0.5, 0.6) is 11.5 Å². The van der Waals surface area contributed by atoms with Crippen LogP contribution in [0.2, 0.25) is 0 Å². The molecule has 1 unspecified atom stereocenters. The molecule has 6 N–H and O–H groups in total. The van der Waals surface area contributed by atoms with Crippen molar-refractivity contribution in [3.63, 3.8) is 0 Å². The first-order valence-corrected chi connectivity index (χ1v) is 7.95. The van der Waals surface area contributed by atoms with Crippen molar-refractivity contribution in [2.24, 2.45) is 16.5 Å². The summed E-state index contributed by atoms with van der Waals surface area (Å²) in [6, 6.07) is 6.17. The largest absolute Gasteiger partial charge is 0.453 e. The second-order valence-corrected chi connectivity index (χ2v) is 6.05. The lowest BCUT2D eigenvalue weighted by Gasteiger charge is -2.25. The Balaban J connectivity index is 1.70. The fourth-order valence-electron chi connectivity index (χ4n) is 2.90. The average Bonchev–Trinajstić information content (AvgIpc) is 2.99. The number of hydrogen-bond acceptors (Lipinski definition) is 6. The summed E-state index contributed by atoms with van der Waals surface area (Å²) in [6.45, 7) is 1.93. The lowest BCUT2D eigenvalue weighted by Crippen LogP contribution is -2.42. The van der Waals surface area contributed by atoms with Crippen LogP contribution in [0.25, 0.3) is 11.0 Å². The Morgan fingerprint density at radius 2 is 2.08 bits per heavy atom. The number of aliphatic imine (C=N–C) groups is 1. The molecule has 1 atom stereocenters. The van der Waals surface area contributed by atoms with E-state index >= 15 is 0 Å². The third-order valence-corrected chi connectivity index (χ3v) is 4.22. The van der Waals surface area contributed by atoms with E-state index in [0.29, 0.717) is 17.0 Å². The molecule has 0 spiro atoms. The second kappa shape index (κ2) is 5.85. The third kappa shape index (κ3) is 2.66. The van der Waals surface area contributed by atoms with Gasteiger partial charge < -0.3 is 20.8 Å². The summed E-state index contributed by atoms with van der Waals surface area (Å²) < 4.78 is 20.5. The molecule has 0 fully saturated rings. The van der Waals surface area contributed by atoms with Gasteiger partial charge in [0.05, 0.1) is 5.39 Å². The van der Waals surface area contributed by atoms with Gasteiger partial charge in [-0.2, -0.15) is 0 Å². The van der Waals surface area contributed by atoms with Crippen molar-refractivity contribution in [1.29, 1.82) is 0 Å². The van der Waals surface area contributed by atoms with E-state index in [1.165, 1.54) is 12.1 Å². The second-order valence-electron chi connectivity index (χ2n) is 6.05. The number of H-pyrrole nitrogens is 1. The lowest BCUT2D eigenvalue weighted by atomic mass is 10.00. The smallest absolute Gasteiger partial charge is 0.195 e. The highest BCUT2D eigenvalue weighted by Crippen LogP contribution is 2.34. The molecular formula is C18H17FN6O. The number of fused-ring (bicyclic) bond motifs is 1. The number of rotatable bonds is 3. The minimum Gasteiger partial charge on any atom is -0.453 e. The van der Waals surface area contributed by atoms with Crippen LogP contribution < -0.4 is 21.5 Å². The zero-order valence-electron chi connectivity index (χ0n) is 14.0. The van der Waals surface area contributed by atoms with E-state index in [1.807, 2.05) is 13.1 Å². The van der Waals surface area contributed by atoms with Gasteiger partial charge in [-0.05, 0) is 36.8 Å². The van der Waals surface area contributed by atoms with E-state index in [4.69, 9.17) is 16.2 Å². The Hall–Kier alpha value is -3.39. The van der Waals surface area contributed by atoms with Crippen molar-refractivity contribution >= 4 is 17.0 Å². The monoisotopic (exact) mass is 352 g/mol. The van der Waals surface area contributed by atoms with Crippen molar-refractivity contribution in [2.75, 3.05) is 0 Å². The van der Waals surface area contributed by atoms with Gasteiger partial charge in [-0.1, -0.05) is 6.07 Å². The van der Waals surface area contributed by atoms with Gasteiger partial charge in [0.2, 0.25) is 0 Å². The molecule has 132 valence electrons. The number of aromatic nitrogens is 2. The fourth-order valence-corrected chi connectivity index (χ4v) is 2.90. The van der Waals surface area contributed by atoms with Gasteiger partial charge in [-0.25, -0.2) is 14.4 Å². The summed E-state index contributed by atoms with van der Waals surface area (Å²) in [7, 11) is 0. The Labute approximate surface area is 148 Å². The summed E-state index contributed by atoms with van der Waals surface area (Å²) in [4.78, 5) is 11.4. The molecule has 0 radical (unpaired) electrons. The SMILES string of the molecule is Cc1c[nH]c2nccc(Oc3ccc(C4(N)C=CNC(N)=N4)cc3F)c12. The van der Waals surface area contributed by atoms with Crippen LogP contribution in [-0.4, -0.2) is 15.9 Å². The van der Waals surface area contributed by atoms with Crippen LogP contribution in [0.4, 0.5) is 4.39 Å². The highest BCUT2D eigenvalue weighted by Gasteiger charge is 2.27. The first-order valence-electron chi connectivity index (χ1n) is 7.95. The van der Waals surface area contributed by atoms with E-state index < -0.39 is 11.5 Å². The van der Waals surface area contributed by atoms with Crippen LogP contribution in [0.15, 0.2) is 53.9 Å². The van der Waals surface area contributed by atoms with Gasteiger partial charge in [-0.15, -0.1) is 0 Å². The number of guanidine groups is 1. The van der Waals surface area contributed by atoms with Crippen LogP contribution in [0.3, 0.4) is 0 Å². The van der Waals surface area contributed by atoms with Gasteiger partial charge in [0.15, 0.2) is 23.2 Å². The van der Waals surface area contributed by atoms with E-state index in [2.05, 4.69) is 20.3 Å². The number of halogens is 1. The average molecular weight is 352 g/mol. The quantitative estimate of drug-likeness (QED) is 0.578. The maximum absolute atomic E-state index is 14.7. The van der Waals surface area contributed by atoms with Crippen LogP contribution in [-0.2, 0) is 5.66 Å². The molecule has 0 amide bonds. The molecule has 0 saturated heterocycles. The van der Waals surface area contributed by atoms with Crippen LogP contribution >= 0.6 is 0 Å². The molecule has 3 heterocycles. The molecule has 0 bridgehead atoms. The predicted octanol–water partition coefficient (Wildman–Crippen LogP) is 2.35. The topological polar surface area (TPSA) is 114 Å². The molecular weight excluding hydrogens is 335 g/mol. The number of pyridine rings is 1. The number of nitrogens with two attached hydrogens (primary N) is 2. The van der Waals surface area contributed by atoms with Gasteiger partial charge in [0.1, 0.15) is 11.4 Å². The molecule has 0 aliphatic carbocycles. The normalized spacial score (nSPS) is 19.3. The Kier molecular flexibility index (Phi) is 3.62. The lowest BCUT2D eigenvalue weighted by molar-refractivity contribution is 0.443. The van der Waals surface area contributed by atoms with E-state index in [9.17, 15) is 4.39 Å². The first kappa shape index (κ1) is 16.1. The van der Waals surface area contributed by atoms with Gasteiger partial charge >= 0.3 is 0 Å². The maximum Gasteiger partial charge on any atom is 0.195 e. The fraction of sp³-hybridized carbons (Fsp3) is 0.111. The standard InChI is InChI=1S/C18H17FN6O/c1-10-9-24-16-15(10)14(4-6-22-16)26-13-3-2-11(8-12(13)19)18(21)5-7-23-17(20)25-18/h2-9H,21H2,1H3,(H,22,24)(H3,20,23,25). The van der Waals surface area contributed by atoms with Crippen molar-refractivity contribution < 1.29 is 9.13 Å². The Bertz CT molecular complexity index is 1060. The first-order chi connectivity index (χ1) is 12.5. The number of nitrogens with zero attached hydrogens (tertiary/aromatic N) is 2. The van der Waals surface area contributed by atoms with Crippen LogP contribution in [0.1, 0.15) is 11.1 Å². The third-order valence-electron chi connectivity index (χ3n) is 4.22. The number of benzene rings is 1.